The van der Waals surface area contributed by atoms with Gasteiger partial charge < -0.3 is 18.9 Å². The molecule has 0 bridgehead atoms. The lowest BCUT2D eigenvalue weighted by molar-refractivity contribution is -0.384. The van der Waals surface area contributed by atoms with Gasteiger partial charge in [0.15, 0.2) is 0 Å². The minimum Gasteiger partial charge on any atom is -0.431 e. The summed E-state index contributed by atoms with van der Waals surface area (Å²) in [5, 5.41) is 10.9. The Hall–Kier alpha value is -2.71. The van der Waals surface area contributed by atoms with Gasteiger partial charge in [0.2, 0.25) is 0 Å². The largest absolute Gasteiger partial charge is 0.513 e. The van der Waals surface area contributed by atoms with Crippen molar-refractivity contribution in [3.63, 3.8) is 0 Å². The lowest BCUT2D eigenvalue weighted by Gasteiger charge is -2.18. The Morgan fingerprint density at radius 2 is 0.981 bits per heavy atom. The van der Waals surface area contributed by atoms with Crippen molar-refractivity contribution in [3.05, 3.63) is 58.7 Å². The fourth-order valence-corrected chi connectivity index (χ4v) is 6.33. The van der Waals surface area contributed by atoms with Gasteiger partial charge in [0.05, 0.1) is 11.5 Å². The molecule has 1 atom stereocenters. The number of hydrogen-bond acceptors (Lipinski definition) is 7. The van der Waals surface area contributed by atoms with E-state index in [0.29, 0.717) is 19.8 Å². The number of hydrogen-bond donors (Lipinski definition) is 0. The molecule has 0 aromatic heterocycles. The van der Waals surface area contributed by atoms with E-state index in [1.165, 1.54) is 178 Å². The molecule has 1 aromatic carbocycles. The predicted molar refractivity (Wildman–Crippen MR) is 225 cm³/mol. The molecule has 0 fully saturated rings. The van der Waals surface area contributed by atoms with Gasteiger partial charge >= 0.3 is 6.16 Å². The molecule has 1 unspecified atom stereocenters. The number of carbonyl (C=O) groups excluding carboxylic acids is 1. The molecule has 0 aliphatic heterocycles. The average Bonchev–Trinajstić information content (AvgIpc) is 3.17. The van der Waals surface area contributed by atoms with Crippen molar-refractivity contribution in [2.75, 3.05) is 26.4 Å². The van der Waals surface area contributed by atoms with Crippen molar-refractivity contribution in [2.45, 2.75) is 200 Å². The number of nitro benzene ring substituents is 1. The Labute approximate surface area is 330 Å². The molecule has 0 spiro atoms. The number of non-ortho nitro benzene ring substituents is 1. The maximum atomic E-state index is 12.3. The average molecular weight is 758 g/mol. The molecule has 8 nitrogen and oxygen atoms in total. The van der Waals surface area contributed by atoms with E-state index in [0.717, 1.165) is 25.7 Å². The third-order valence-electron chi connectivity index (χ3n) is 9.75. The smallest absolute Gasteiger partial charge is 0.431 e. The first-order chi connectivity index (χ1) is 26.6. The van der Waals surface area contributed by atoms with Crippen LogP contribution in [0.2, 0.25) is 0 Å². The van der Waals surface area contributed by atoms with E-state index in [1.54, 1.807) is 0 Å². The number of rotatable bonds is 39. The van der Waals surface area contributed by atoms with Gasteiger partial charge in [0.25, 0.3) is 5.69 Å². The van der Waals surface area contributed by atoms with Crippen LogP contribution in [-0.4, -0.2) is 43.6 Å². The second kappa shape index (κ2) is 38.6. The summed E-state index contributed by atoms with van der Waals surface area (Å²) >= 11 is 0. The second-order valence-corrected chi connectivity index (χ2v) is 14.9. The SMILES string of the molecule is CCCCCCCC/C=C\CCCCCCCCOCC(COC(=O)Oc1ccc([N+](=O)[O-])cc1)OCCCCCCCC/C=C\CCCCCCCC. The first-order valence-corrected chi connectivity index (χ1v) is 22.1. The molecular formula is C46H79NO7. The highest BCUT2D eigenvalue weighted by molar-refractivity contribution is 5.64. The van der Waals surface area contributed by atoms with Crippen molar-refractivity contribution in [1.82, 2.24) is 0 Å². The first kappa shape index (κ1) is 49.3. The maximum Gasteiger partial charge on any atom is 0.513 e. The molecule has 0 saturated heterocycles. The Morgan fingerprint density at radius 1 is 0.574 bits per heavy atom. The van der Waals surface area contributed by atoms with Crippen LogP contribution in [0.15, 0.2) is 48.6 Å². The molecule has 1 aromatic rings. The maximum absolute atomic E-state index is 12.3. The Morgan fingerprint density at radius 3 is 1.43 bits per heavy atom. The molecule has 0 aliphatic carbocycles. The summed E-state index contributed by atoms with van der Waals surface area (Å²) in [6.07, 6.45) is 43.6. The Balaban J connectivity index is 2.21. The number of allylic oxidation sites excluding steroid dienone is 4. The van der Waals surface area contributed by atoms with Crippen LogP contribution in [0.1, 0.15) is 194 Å². The van der Waals surface area contributed by atoms with E-state index in [-0.39, 0.29) is 24.1 Å². The van der Waals surface area contributed by atoms with Crippen LogP contribution in [-0.2, 0) is 14.2 Å². The van der Waals surface area contributed by atoms with Gasteiger partial charge in [0.1, 0.15) is 18.5 Å². The van der Waals surface area contributed by atoms with Crippen LogP contribution in [0.3, 0.4) is 0 Å². The quantitative estimate of drug-likeness (QED) is 0.0165. The minimum absolute atomic E-state index is 0.0194. The zero-order valence-electron chi connectivity index (χ0n) is 34.6. The molecular weight excluding hydrogens is 679 g/mol. The number of ether oxygens (including phenoxy) is 4. The van der Waals surface area contributed by atoms with Crippen LogP contribution in [0.5, 0.6) is 5.75 Å². The molecule has 0 N–H and O–H groups in total. The number of nitro groups is 1. The van der Waals surface area contributed by atoms with E-state index in [4.69, 9.17) is 18.9 Å². The number of benzene rings is 1. The molecule has 310 valence electrons. The third kappa shape index (κ3) is 32.7. The van der Waals surface area contributed by atoms with Gasteiger partial charge in [-0.1, -0.05) is 154 Å². The monoisotopic (exact) mass is 758 g/mol. The van der Waals surface area contributed by atoms with E-state index in [9.17, 15) is 14.9 Å². The molecule has 54 heavy (non-hydrogen) atoms. The second-order valence-electron chi connectivity index (χ2n) is 14.9. The summed E-state index contributed by atoms with van der Waals surface area (Å²) in [6, 6.07) is 5.32. The van der Waals surface area contributed by atoms with Gasteiger partial charge in [-0.2, -0.15) is 0 Å². The summed E-state index contributed by atoms with van der Waals surface area (Å²) < 4.78 is 22.6. The lowest BCUT2D eigenvalue weighted by Crippen LogP contribution is -2.28. The van der Waals surface area contributed by atoms with Crippen molar-refractivity contribution in [2.24, 2.45) is 0 Å². The molecule has 0 saturated carbocycles. The molecule has 0 heterocycles. The van der Waals surface area contributed by atoms with E-state index in [1.807, 2.05) is 0 Å². The van der Waals surface area contributed by atoms with Gasteiger partial charge in [-0.25, -0.2) is 4.79 Å². The predicted octanol–water partition coefficient (Wildman–Crippen LogP) is 14.6. The van der Waals surface area contributed by atoms with E-state index in [2.05, 4.69) is 38.2 Å². The molecule has 0 radical (unpaired) electrons. The third-order valence-corrected chi connectivity index (χ3v) is 9.75. The zero-order chi connectivity index (χ0) is 39.0. The number of nitrogens with zero attached hydrogens (tertiary/aromatic N) is 1. The van der Waals surface area contributed by atoms with Crippen LogP contribution < -0.4 is 4.74 Å². The van der Waals surface area contributed by atoms with E-state index < -0.39 is 11.1 Å². The van der Waals surface area contributed by atoms with Gasteiger partial charge in [-0.05, 0) is 76.3 Å². The fourth-order valence-electron chi connectivity index (χ4n) is 6.33. The number of unbranched alkanes of at least 4 members (excludes halogenated alkanes) is 24. The summed E-state index contributed by atoms with van der Waals surface area (Å²) in [5.74, 6) is 0.184. The highest BCUT2D eigenvalue weighted by Gasteiger charge is 2.15. The van der Waals surface area contributed by atoms with Crippen molar-refractivity contribution < 1.29 is 28.7 Å². The highest BCUT2D eigenvalue weighted by Crippen LogP contribution is 2.18. The van der Waals surface area contributed by atoms with E-state index >= 15 is 0 Å². The number of carbonyl (C=O) groups is 1. The van der Waals surface area contributed by atoms with Gasteiger partial charge in [0, 0.05) is 25.3 Å². The van der Waals surface area contributed by atoms with Gasteiger partial charge in [-0.15, -0.1) is 0 Å². The molecule has 8 heteroatoms. The van der Waals surface area contributed by atoms with Crippen LogP contribution in [0.25, 0.3) is 0 Å². The zero-order valence-corrected chi connectivity index (χ0v) is 34.6. The summed E-state index contributed by atoms with van der Waals surface area (Å²) in [6.45, 7) is 6.14. The van der Waals surface area contributed by atoms with Gasteiger partial charge in [-0.3, -0.25) is 10.1 Å². The Bertz CT molecular complexity index is 1040. The van der Waals surface area contributed by atoms with Crippen molar-refractivity contribution >= 4 is 11.8 Å². The normalized spacial score (nSPS) is 12.2. The minimum atomic E-state index is -0.872. The van der Waals surface area contributed by atoms with Crippen LogP contribution in [0, 0.1) is 10.1 Å². The van der Waals surface area contributed by atoms with Crippen molar-refractivity contribution in [1.29, 1.82) is 0 Å². The topological polar surface area (TPSA) is 97.1 Å². The molecule has 0 amide bonds. The summed E-state index contributed by atoms with van der Waals surface area (Å²) in [7, 11) is 0. The van der Waals surface area contributed by atoms with Crippen LogP contribution >= 0.6 is 0 Å². The molecule has 0 aliphatic rings. The standard InChI is InChI=1S/C46H79NO7/c1-3-5-7-9-11-13-15-17-19-21-23-25-27-29-31-33-39-51-41-45(42-53-46(48)54-44-37-35-43(36-38-44)47(49)50)52-40-34-32-30-28-26-24-22-20-18-16-14-12-10-8-6-4-2/h17-20,35-38,45H,3-16,21-34,39-42H2,1-2H3/b19-17-,20-18-. The van der Waals surface area contributed by atoms with Crippen molar-refractivity contribution in [3.8, 4) is 5.75 Å². The summed E-state index contributed by atoms with van der Waals surface area (Å²) in [5.41, 5.74) is -0.0747. The Kier molecular flexibility index (Phi) is 35.2. The molecule has 1 rings (SSSR count). The highest BCUT2D eigenvalue weighted by atomic mass is 16.7. The summed E-state index contributed by atoms with van der Waals surface area (Å²) in [4.78, 5) is 22.7. The lowest BCUT2D eigenvalue weighted by atomic mass is 10.1. The van der Waals surface area contributed by atoms with Crippen LogP contribution in [0.4, 0.5) is 10.5 Å². The first-order valence-electron chi connectivity index (χ1n) is 22.1. The fraction of sp³-hybridized carbons (Fsp3) is 0.761.